The summed E-state index contributed by atoms with van der Waals surface area (Å²) in [6.07, 6.45) is 0.844. The number of nitrogen functional groups attached to an aromatic ring is 1. The maximum Gasteiger partial charge on any atom is 0.218 e. The highest BCUT2D eigenvalue weighted by Crippen LogP contribution is 1.99. The van der Waals surface area contributed by atoms with Crippen LogP contribution in [-0.2, 0) is 13.0 Å². The van der Waals surface area contributed by atoms with Gasteiger partial charge >= 0.3 is 0 Å². The van der Waals surface area contributed by atoms with Gasteiger partial charge in [-0.3, -0.25) is 0 Å². The highest BCUT2D eigenvalue weighted by atomic mass is 15.4. The molecule has 0 amide bonds. The summed E-state index contributed by atoms with van der Waals surface area (Å²) in [6.45, 7) is 4.79. The SMILES string of the molecule is CCc1nc(N)n(CC)n1. The van der Waals surface area contributed by atoms with Gasteiger partial charge in [0.15, 0.2) is 5.82 Å². The van der Waals surface area contributed by atoms with Gasteiger partial charge in [-0.1, -0.05) is 6.92 Å². The molecule has 4 heteroatoms. The van der Waals surface area contributed by atoms with Gasteiger partial charge in [0.1, 0.15) is 0 Å². The molecule has 0 aromatic carbocycles. The van der Waals surface area contributed by atoms with Crippen molar-refractivity contribution in [2.75, 3.05) is 5.73 Å². The van der Waals surface area contributed by atoms with Gasteiger partial charge in [-0.15, -0.1) is 0 Å². The Hall–Kier alpha value is -1.06. The smallest absolute Gasteiger partial charge is 0.218 e. The molecule has 0 spiro atoms. The van der Waals surface area contributed by atoms with Crippen LogP contribution in [-0.4, -0.2) is 14.8 Å². The van der Waals surface area contributed by atoms with Crippen LogP contribution in [0, 0.1) is 0 Å². The molecule has 0 aliphatic rings. The Morgan fingerprint density at radius 2 is 2.20 bits per heavy atom. The molecule has 10 heavy (non-hydrogen) atoms. The topological polar surface area (TPSA) is 56.7 Å². The van der Waals surface area contributed by atoms with Crippen molar-refractivity contribution in [3.05, 3.63) is 5.82 Å². The van der Waals surface area contributed by atoms with Crippen molar-refractivity contribution in [2.45, 2.75) is 26.8 Å². The first-order valence-corrected chi connectivity index (χ1v) is 3.47. The minimum absolute atomic E-state index is 0.513. The third-order valence-corrected chi connectivity index (χ3v) is 1.36. The zero-order valence-electron chi connectivity index (χ0n) is 6.33. The monoisotopic (exact) mass is 140 g/mol. The van der Waals surface area contributed by atoms with Gasteiger partial charge in [-0.25, -0.2) is 4.68 Å². The molecular weight excluding hydrogens is 128 g/mol. The summed E-state index contributed by atoms with van der Waals surface area (Å²) in [5, 5.41) is 4.13. The number of nitrogens with two attached hydrogens (primary N) is 1. The molecule has 4 nitrogen and oxygen atoms in total. The van der Waals surface area contributed by atoms with Crippen molar-refractivity contribution < 1.29 is 0 Å². The number of hydrogen-bond donors (Lipinski definition) is 1. The molecule has 56 valence electrons. The normalized spacial score (nSPS) is 10.2. The van der Waals surface area contributed by atoms with E-state index in [4.69, 9.17) is 5.73 Å². The first-order valence-electron chi connectivity index (χ1n) is 3.47. The zero-order valence-corrected chi connectivity index (χ0v) is 6.33. The van der Waals surface area contributed by atoms with E-state index in [1.807, 2.05) is 13.8 Å². The van der Waals surface area contributed by atoms with Crippen LogP contribution in [0.2, 0.25) is 0 Å². The summed E-state index contributed by atoms with van der Waals surface area (Å²) in [6, 6.07) is 0. The summed E-state index contributed by atoms with van der Waals surface area (Å²) in [5.41, 5.74) is 5.52. The third kappa shape index (κ3) is 1.10. The molecule has 0 unspecified atom stereocenters. The lowest BCUT2D eigenvalue weighted by Crippen LogP contribution is -2.02. The van der Waals surface area contributed by atoms with Crippen LogP contribution in [0.15, 0.2) is 0 Å². The molecule has 0 aliphatic heterocycles. The summed E-state index contributed by atoms with van der Waals surface area (Å²) in [4.78, 5) is 4.03. The average molecular weight is 140 g/mol. The van der Waals surface area contributed by atoms with Crippen molar-refractivity contribution in [3.63, 3.8) is 0 Å². The predicted octanol–water partition coefficient (Wildman–Crippen LogP) is 0.443. The minimum Gasteiger partial charge on any atom is -0.368 e. The van der Waals surface area contributed by atoms with E-state index in [-0.39, 0.29) is 0 Å². The third-order valence-electron chi connectivity index (χ3n) is 1.36. The Morgan fingerprint density at radius 3 is 2.50 bits per heavy atom. The Morgan fingerprint density at radius 1 is 1.50 bits per heavy atom. The quantitative estimate of drug-likeness (QED) is 0.648. The number of hydrogen-bond acceptors (Lipinski definition) is 3. The molecule has 1 heterocycles. The van der Waals surface area contributed by atoms with E-state index >= 15 is 0 Å². The zero-order chi connectivity index (χ0) is 7.56. The van der Waals surface area contributed by atoms with Gasteiger partial charge < -0.3 is 5.73 Å². The maximum atomic E-state index is 5.52. The van der Waals surface area contributed by atoms with E-state index in [1.54, 1.807) is 4.68 Å². The van der Waals surface area contributed by atoms with Crippen LogP contribution < -0.4 is 5.73 Å². The van der Waals surface area contributed by atoms with Crippen LogP contribution in [0.25, 0.3) is 0 Å². The molecule has 0 aliphatic carbocycles. The molecular formula is C6H12N4. The number of rotatable bonds is 2. The fraction of sp³-hybridized carbons (Fsp3) is 0.667. The van der Waals surface area contributed by atoms with E-state index < -0.39 is 0 Å². The molecule has 1 rings (SSSR count). The number of anilines is 1. The van der Waals surface area contributed by atoms with E-state index in [9.17, 15) is 0 Å². The number of aryl methyl sites for hydroxylation is 2. The van der Waals surface area contributed by atoms with Gasteiger partial charge in [0, 0.05) is 13.0 Å². The summed E-state index contributed by atoms with van der Waals surface area (Å²) >= 11 is 0. The lowest BCUT2D eigenvalue weighted by Gasteiger charge is -1.92. The van der Waals surface area contributed by atoms with Crippen molar-refractivity contribution in [3.8, 4) is 0 Å². The molecule has 0 saturated carbocycles. The van der Waals surface area contributed by atoms with Crippen molar-refractivity contribution >= 4 is 5.95 Å². The van der Waals surface area contributed by atoms with Gasteiger partial charge in [0.2, 0.25) is 5.95 Å². The predicted molar refractivity (Wildman–Crippen MR) is 39.5 cm³/mol. The minimum atomic E-state index is 0.513. The summed E-state index contributed by atoms with van der Waals surface area (Å²) in [5.74, 6) is 1.33. The molecule has 1 aromatic heterocycles. The van der Waals surface area contributed by atoms with Gasteiger partial charge in [0.05, 0.1) is 0 Å². The lowest BCUT2D eigenvalue weighted by molar-refractivity contribution is 0.657. The van der Waals surface area contributed by atoms with E-state index in [0.29, 0.717) is 5.95 Å². The van der Waals surface area contributed by atoms with Crippen molar-refractivity contribution in [1.29, 1.82) is 0 Å². The molecule has 0 bridgehead atoms. The van der Waals surface area contributed by atoms with Crippen LogP contribution in [0.1, 0.15) is 19.7 Å². The second-order valence-electron chi connectivity index (χ2n) is 2.06. The average Bonchev–Trinajstić information content (AvgIpc) is 2.30. The second kappa shape index (κ2) is 2.68. The molecule has 0 fully saturated rings. The molecule has 0 atom stereocenters. The van der Waals surface area contributed by atoms with Gasteiger partial charge in [-0.2, -0.15) is 10.1 Å². The first-order chi connectivity index (χ1) is 4.77. The van der Waals surface area contributed by atoms with E-state index in [0.717, 1.165) is 18.8 Å². The van der Waals surface area contributed by atoms with Gasteiger partial charge in [-0.05, 0) is 6.92 Å². The van der Waals surface area contributed by atoms with Crippen molar-refractivity contribution in [2.24, 2.45) is 0 Å². The highest BCUT2D eigenvalue weighted by molar-refractivity contribution is 5.15. The number of aromatic nitrogens is 3. The molecule has 0 saturated heterocycles. The van der Waals surface area contributed by atoms with E-state index in [2.05, 4.69) is 10.1 Å². The molecule has 0 radical (unpaired) electrons. The summed E-state index contributed by atoms with van der Waals surface area (Å²) < 4.78 is 1.69. The molecule has 1 aromatic rings. The van der Waals surface area contributed by atoms with E-state index in [1.165, 1.54) is 0 Å². The van der Waals surface area contributed by atoms with Gasteiger partial charge in [0.25, 0.3) is 0 Å². The standard InChI is InChI=1S/C6H12N4/c1-3-5-8-6(7)10(4-2)9-5/h3-4H2,1-2H3,(H2,7,8,9). The fourth-order valence-electron chi connectivity index (χ4n) is 0.785. The first kappa shape index (κ1) is 7.05. The maximum absolute atomic E-state index is 5.52. The molecule has 2 N–H and O–H groups in total. The summed E-state index contributed by atoms with van der Waals surface area (Å²) in [7, 11) is 0. The van der Waals surface area contributed by atoms with Crippen LogP contribution in [0.5, 0.6) is 0 Å². The Balaban J connectivity index is 2.92. The van der Waals surface area contributed by atoms with Crippen LogP contribution in [0.4, 0.5) is 5.95 Å². The number of nitrogens with zero attached hydrogens (tertiary/aromatic N) is 3. The Kier molecular flexibility index (Phi) is 1.89. The van der Waals surface area contributed by atoms with Crippen molar-refractivity contribution in [1.82, 2.24) is 14.8 Å². The highest BCUT2D eigenvalue weighted by Gasteiger charge is 2.01. The fourth-order valence-corrected chi connectivity index (χ4v) is 0.785. The lowest BCUT2D eigenvalue weighted by atomic mass is 10.5. The van der Waals surface area contributed by atoms with Crippen LogP contribution >= 0.6 is 0 Å². The second-order valence-corrected chi connectivity index (χ2v) is 2.06. The Labute approximate surface area is 60.1 Å². The Bertz CT molecular complexity index is 216. The largest absolute Gasteiger partial charge is 0.368 e. The van der Waals surface area contributed by atoms with Crippen LogP contribution in [0.3, 0.4) is 0 Å².